The van der Waals surface area contributed by atoms with Gasteiger partial charge in [0.2, 0.25) is 5.82 Å². The van der Waals surface area contributed by atoms with Crippen molar-refractivity contribution in [1.29, 1.82) is 0 Å². The highest BCUT2D eigenvalue weighted by atomic mass is 79.9. The Balaban J connectivity index is 1.87. The molecule has 0 bridgehead atoms. The average molecular weight is 379 g/mol. The van der Waals surface area contributed by atoms with Crippen LogP contribution in [0.2, 0.25) is 0 Å². The van der Waals surface area contributed by atoms with Crippen LogP contribution in [0.1, 0.15) is 5.56 Å². The van der Waals surface area contributed by atoms with Gasteiger partial charge in [-0.3, -0.25) is 0 Å². The number of aromatic amines is 1. The lowest BCUT2D eigenvalue weighted by molar-refractivity contribution is 0.282. The molecular formula is C15H12BrFN4O2. The van der Waals surface area contributed by atoms with E-state index in [0.717, 1.165) is 11.1 Å². The Hall–Kier alpha value is -2.48. The van der Waals surface area contributed by atoms with Crippen LogP contribution in [0.3, 0.4) is 0 Å². The van der Waals surface area contributed by atoms with E-state index in [-0.39, 0.29) is 12.4 Å². The molecule has 0 saturated heterocycles. The first-order valence-electron chi connectivity index (χ1n) is 6.66. The Kier molecular flexibility index (Phi) is 4.52. The van der Waals surface area contributed by atoms with E-state index in [4.69, 9.17) is 9.47 Å². The molecule has 0 amide bonds. The van der Waals surface area contributed by atoms with Crippen LogP contribution in [0.15, 0.2) is 40.9 Å². The molecular weight excluding hydrogens is 367 g/mol. The number of rotatable bonds is 5. The van der Waals surface area contributed by atoms with Gasteiger partial charge in [-0.25, -0.2) is 4.39 Å². The maximum Gasteiger partial charge on any atom is 0.204 e. The monoisotopic (exact) mass is 378 g/mol. The van der Waals surface area contributed by atoms with Crippen molar-refractivity contribution in [2.24, 2.45) is 0 Å². The first-order valence-corrected chi connectivity index (χ1v) is 7.45. The number of nitrogens with zero attached hydrogens (tertiary/aromatic N) is 3. The van der Waals surface area contributed by atoms with Gasteiger partial charge in [0, 0.05) is 5.56 Å². The van der Waals surface area contributed by atoms with Gasteiger partial charge in [-0.05, 0) is 51.0 Å². The van der Waals surface area contributed by atoms with Crippen LogP contribution in [0.4, 0.5) is 4.39 Å². The molecule has 8 heteroatoms. The van der Waals surface area contributed by atoms with Crippen molar-refractivity contribution in [3.05, 3.63) is 52.3 Å². The average Bonchev–Trinajstić information content (AvgIpc) is 3.07. The molecule has 23 heavy (non-hydrogen) atoms. The first-order chi connectivity index (χ1) is 11.2. The fourth-order valence-corrected chi connectivity index (χ4v) is 2.61. The fraction of sp³-hybridized carbons (Fsp3) is 0.133. The van der Waals surface area contributed by atoms with E-state index in [9.17, 15) is 4.39 Å². The summed E-state index contributed by atoms with van der Waals surface area (Å²) in [5, 5.41) is 13.8. The molecule has 118 valence electrons. The smallest absolute Gasteiger partial charge is 0.204 e. The number of ether oxygens (including phenoxy) is 2. The maximum absolute atomic E-state index is 13.2. The second kappa shape index (κ2) is 6.74. The number of nitrogens with one attached hydrogen (secondary N) is 1. The largest absolute Gasteiger partial charge is 0.493 e. The van der Waals surface area contributed by atoms with Gasteiger partial charge in [-0.2, -0.15) is 5.21 Å². The first kappa shape index (κ1) is 15.4. The number of hydrogen-bond donors (Lipinski definition) is 1. The molecule has 0 radical (unpaired) electrons. The van der Waals surface area contributed by atoms with Crippen LogP contribution in [0, 0.1) is 5.82 Å². The van der Waals surface area contributed by atoms with Crippen LogP contribution in [0.25, 0.3) is 11.4 Å². The number of methoxy groups -OCH3 is 1. The normalized spacial score (nSPS) is 10.6. The fourth-order valence-electron chi connectivity index (χ4n) is 2.06. The summed E-state index contributed by atoms with van der Waals surface area (Å²) in [5.41, 5.74) is 1.45. The third-order valence-corrected chi connectivity index (χ3v) is 3.69. The van der Waals surface area contributed by atoms with E-state index in [1.165, 1.54) is 19.2 Å². The Labute approximate surface area is 139 Å². The molecule has 1 N–H and O–H groups in total. The van der Waals surface area contributed by atoms with E-state index in [1.807, 2.05) is 0 Å². The standard InChI is InChI=1S/C15H12BrFN4O2/c1-22-13-7-10(15-18-20-21-19-15)6-12(16)14(13)23-8-9-3-2-4-11(17)5-9/h2-7H,8H2,1H3,(H,18,19,20,21). The predicted octanol–water partition coefficient (Wildman–Crippen LogP) is 3.36. The van der Waals surface area contributed by atoms with Crippen molar-refractivity contribution in [3.8, 4) is 22.9 Å². The maximum atomic E-state index is 13.2. The predicted molar refractivity (Wildman–Crippen MR) is 84.6 cm³/mol. The molecule has 0 aliphatic rings. The summed E-state index contributed by atoms with van der Waals surface area (Å²) in [4.78, 5) is 0. The second-order valence-corrected chi connectivity index (χ2v) is 5.50. The second-order valence-electron chi connectivity index (χ2n) is 4.64. The Morgan fingerprint density at radius 3 is 2.83 bits per heavy atom. The van der Waals surface area contributed by atoms with Crippen molar-refractivity contribution in [1.82, 2.24) is 20.6 Å². The van der Waals surface area contributed by atoms with E-state index in [2.05, 4.69) is 36.6 Å². The molecule has 0 fully saturated rings. The third-order valence-electron chi connectivity index (χ3n) is 3.11. The summed E-state index contributed by atoms with van der Waals surface area (Å²) in [6.07, 6.45) is 0. The number of hydrogen-bond acceptors (Lipinski definition) is 5. The molecule has 6 nitrogen and oxygen atoms in total. The van der Waals surface area contributed by atoms with Gasteiger partial charge < -0.3 is 9.47 Å². The molecule has 2 aromatic carbocycles. The molecule has 0 saturated carbocycles. The van der Waals surface area contributed by atoms with Gasteiger partial charge in [0.05, 0.1) is 11.6 Å². The van der Waals surface area contributed by atoms with E-state index < -0.39 is 0 Å². The Morgan fingerprint density at radius 2 is 2.13 bits per heavy atom. The molecule has 1 heterocycles. The molecule has 0 aliphatic carbocycles. The molecule has 1 aromatic heterocycles. The summed E-state index contributed by atoms with van der Waals surface area (Å²) in [6.45, 7) is 0.217. The summed E-state index contributed by atoms with van der Waals surface area (Å²) < 4.78 is 25.0. The quantitative estimate of drug-likeness (QED) is 0.736. The zero-order chi connectivity index (χ0) is 16.2. The zero-order valence-electron chi connectivity index (χ0n) is 12.1. The van der Waals surface area contributed by atoms with Crippen LogP contribution in [0.5, 0.6) is 11.5 Å². The molecule has 0 spiro atoms. The van der Waals surface area contributed by atoms with Crippen molar-refractivity contribution in [2.75, 3.05) is 7.11 Å². The molecule has 0 atom stereocenters. The van der Waals surface area contributed by atoms with Crippen LogP contribution in [-0.2, 0) is 6.61 Å². The van der Waals surface area contributed by atoms with Crippen molar-refractivity contribution in [3.63, 3.8) is 0 Å². The van der Waals surface area contributed by atoms with Gasteiger partial charge in [0.25, 0.3) is 0 Å². The summed E-state index contributed by atoms with van der Waals surface area (Å²) in [5.74, 6) is 1.17. The molecule has 3 aromatic rings. The lowest BCUT2D eigenvalue weighted by atomic mass is 10.2. The van der Waals surface area contributed by atoms with Crippen LogP contribution in [-0.4, -0.2) is 27.7 Å². The topological polar surface area (TPSA) is 72.9 Å². The van der Waals surface area contributed by atoms with Gasteiger partial charge in [-0.15, -0.1) is 10.2 Å². The van der Waals surface area contributed by atoms with E-state index in [0.29, 0.717) is 21.8 Å². The van der Waals surface area contributed by atoms with Crippen molar-refractivity contribution >= 4 is 15.9 Å². The highest BCUT2D eigenvalue weighted by Gasteiger charge is 2.15. The third kappa shape index (κ3) is 3.48. The number of aromatic nitrogens is 4. The number of benzene rings is 2. The van der Waals surface area contributed by atoms with Crippen molar-refractivity contribution < 1.29 is 13.9 Å². The Bertz CT molecular complexity index is 811. The van der Waals surface area contributed by atoms with Gasteiger partial charge in [0.15, 0.2) is 11.5 Å². The van der Waals surface area contributed by atoms with Crippen LogP contribution >= 0.6 is 15.9 Å². The lowest BCUT2D eigenvalue weighted by Gasteiger charge is -2.13. The van der Waals surface area contributed by atoms with E-state index >= 15 is 0 Å². The highest BCUT2D eigenvalue weighted by Crippen LogP contribution is 2.39. The Morgan fingerprint density at radius 1 is 1.26 bits per heavy atom. The minimum absolute atomic E-state index is 0.217. The molecule has 0 aliphatic heterocycles. The lowest BCUT2D eigenvalue weighted by Crippen LogP contribution is -1.99. The zero-order valence-corrected chi connectivity index (χ0v) is 13.7. The SMILES string of the molecule is COc1cc(-c2nn[nH]n2)cc(Br)c1OCc1cccc(F)c1. The van der Waals surface area contributed by atoms with Gasteiger partial charge in [-0.1, -0.05) is 12.1 Å². The van der Waals surface area contributed by atoms with Gasteiger partial charge in [0.1, 0.15) is 12.4 Å². The summed E-state index contributed by atoms with van der Waals surface area (Å²) in [7, 11) is 1.54. The number of tetrazole rings is 1. The highest BCUT2D eigenvalue weighted by molar-refractivity contribution is 9.10. The minimum Gasteiger partial charge on any atom is -0.493 e. The summed E-state index contributed by atoms with van der Waals surface area (Å²) >= 11 is 3.45. The molecule has 3 rings (SSSR count). The number of halogens is 2. The minimum atomic E-state index is -0.301. The van der Waals surface area contributed by atoms with E-state index in [1.54, 1.807) is 24.3 Å². The van der Waals surface area contributed by atoms with Crippen LogP contribution < -0.4 is 9.47 Å². The summed E-state index contributed by atoms with van der Waals surface area (Å²) in [6, 6.07) is 9.79. The van der Waals surface area contributed by atoms with Gasteiger partial charge >= 0.3 is 0 Å². The number of H-pyrrole nitrogens is 1. The van der Waals surface area contributed by atoms with Crippen molar-refractivity contribution in [2.45, 2.75) is 6.61 Å². The molecule has 0 unspecified atom stereocenters.